The van der Waals surface area contributed by atoms with Crippen LogP contribution < -0.4 is 16.6 Å². The van der Waals surface area contributed by atoms with Gasteiger partial charge in [-0.25, -0.2) is 5.84 Å². The topological polar surface area (TPSA) is 76.4 Å². The Bertz CT molecular complexity index is 157. The van der Waals surface area contributed by atoms with Gasteiger partial charge >= 0.3 is 0 Å². The quantitative estimate of drug-likeness (QED) is 0.226. The van der Waals surface area contributed by atoms with Crippen LogP contribution in [0.25, 0.3) is 0 Å². The molecule has 0 bridgehead atoms. The van der Waals surface area contributed by atoms with Gasteiger partial charge < -0.3 is 10.1 Å². The smallest absolute Gasteiger partial charge is 0.235 e. The number of ether oxygens (including phenoxy) is 1. The average Bonchev–Trinajstić information content (AvgIpc) is 2.64. The van der Waals surface area contributed by atoms with E-state index in [2.05, 4.69) is 10.7 Å². The van der Waals surface area contributed by atoms with E-state index in [9.17, 15) is 4.79 Å². The molecule has 0 spiro atoms. The maximum absolute atomic E-state index is 10.7. The van der Waals surface area contributed by atoms with Gasteiger partial charge in [0, 0.05) is 26.1 Å². The summed E-state index contributed by atoms with van der Waals surface area (Å²) >= 11 is 0. The molecule has 0 aromatic rings. The van der Waals surface area contributed by atoms with Gasteiger partial charge in [-0.2, -0.15) is 0 Å². The molecule has 5 nitrogen and oxygen atoms in total. The monoisotopic (exact) mass is 187 g/mol. The van der Waals surface area contributed by atoms with Gasteiger partial charge in [-0.3, -0.25) is 10.2 Å². The predicted octanol–water partition coefficient (Wildman–Crippen LogP) is -0.865. The second-order valence-electron chi connectivity index (χ2n) is 3.16. The minimum Gasteiger partial charge on any atom is -0.377 e. The van der Waals surface area contributed by atoms with E-state index >= 15 is 0 Å². The molecule has 1 aliphatic rings. The zero-order valence-electron chi connectivity index (χ0n) is 7.71. The van der Waals surface area contributed by atoms with E-state index in [4.69, 9.17) is 10.6 Å². The summed E-state index contributed by atoms with van der Waals surface area (Å²) in [5, 5.41) is 3.15. The molecule has 1 fully saturated rings. The largest absolute Gasteiger partial charge is 0.377 e. The minimum atomic E-state index is -0.139. The van der Waals surface area contributed by atoms with Crippen molar-refractivity contribution in [3.8, 4) is 0 Å². The highest BCUT2D eigenvalue weighted by Gasteiger charge is 2.14. The lowest BCUT2D eigenvalue weighted by Gasteiger charge is -2.09. The molecule has 0 aromatic carbocycles. The highest BCUT2D eigenvalue weighted by Crippen LogP contribution is 2.10. The Balaban J connectivity index is 1.91. The van der Waals surface area contributed by atoms with Gasteiger partial charge in [0.2, 0.25) is 5.91 Å². The second kappa shape index (κ2) is 5.90. The van der Waals surface area contributed by atoms with E-state index in [-0.39, 0.29) is 5.91 Å². The van der Waals surface area contributed by atoms with Gasteiger partial charge in [0.1, 0.15) is 0 Å². The summed E-state index contributed by atoms with van der Waals surface area (Å²) in [6, 6.07) is 0. The molecule has 13 heavy (non-hydrogen) atoms. The average molecular weight is 187 g/mol. The zero-order chi connectivity index (χ0) is 9.52. The fraction of sp³-hybridized carbons (Fsp3) is 0.875. The lowest BCUT2D eigenvalue weighted by molar-refractivity contribution is -0.121. The van der Waals surface area contributed by atoms with Crippen molar-refractivity contribution in [1.29, 1.82) is 0 Å². The van der Waals surface area contributed by atoms with Crippen molar-refractivity contribution in [2.75, 3.05) is 19.7 Å². The van der Waals surface area contributed by atoms with Gasteiger partial charge in [-0.05, 0) is 12.8 Å². The van der Waals surface area contributed by atoms with Crippen LogP contribution >= 0.6 is 0 Å². The summed E-state index contributed by atoms with van der Waals surface area (Å²) in [6.07, 6.45) is 3.02. The van der Waals surface area contributed by atoms with E-state index in [0.29, 0.717) is 19.1 Å². The predicted molar refractivity (Wildman–Crippen MR) is 48.8 cm³/mol. The zero-order valence-corrected chi connectivity index (χ0v) is 7.71. The maximum Gasteiger partial charge on any atom is 0.235 e. The van der Waals surface area contributed by atoms with Crippen molar-refractivity contribution >= 4 is 5.91 Å². The molecule has 1 rings (SSSR count). The molecular weight excluding hydrogens is 170 g/mol. The molecule has 0 radical (unpaired) electrons. The first-order valence-corrected chi connectivity index (χ1v) is 4.64. The van der Waals surface area contributed by atoms with Crippen molar-refractivity contribution in [2.45, 2.75) is 25.4 Å². The van der Waals surface area contributed by atoms with Gasteiger partial charge in [0.05, 0.1) is 6.10 Å². The van der Waals surface area contributed by atoms with Gasteiger partial charge in [-0.15, -0.1) is 0 Å². The Labute approximate surface area is 78.0 Å². The highest BCUT2D eigenvalue weighted by atomic mass is 16.5. The summed E-state index contributed by atoms with van der Waals surface area (Å²) in [6.45, 7) is 2.36. The number of hydrazine groups is 1. The summed E-state index contributed by atoms with van der Waals surface area (Å²) in [5.74, 6) is 4.79. The molecule has 0 aliphatic carbocycles. The van der Waals surface area contributed by atoms with E-state index in [1.165, 1.54) is 0 Å². The molecule has 1 saturated heterocycles. The van der Waals surface area contributed by atoms with Crippen LogP contribution in [-0.4, -0.2) is 31.7 Å². The van der Waals surface area contributed by atoms with Crippen LogP contribution in [0.5, 0.6) is 0 Å². The van der Waals surface area contributed by atoms with Crippen molar-refractivity contribution in [3.63, 3.8) is 0 Å². The molecule has 0 unspecified atom stereocenters. The molecule has 1 aliphatic heterocycles. The summed E-state index contributed by atoms with van der Waals surface area (Å²) in [4.78, 5) is 10.7. The number of hydrogen-bond donors (Lipinski definition) is 3. The Morgan fingerprint density at radius 2 is 2.46 bits per heavy atom. The third-order valence-corrected chi connectivity index (χ3v) is 2.09. The van der Waals surface area contributed by atoms with E-state index in [1.54, 1.807) is 0 Å². The van der Waals surface area contributed by atoms with Gasteiger partial charge in [0.15, 0.2) is 0 Å². The minimum absolute atomic E-state index is 0.139. The fourth-order valence-corrected chi connectivity index (χ4v) is 1.34. The van der Waals surface area contributed by atoms with E-state index < -0.39 is 0 Å². The normalized spacial score (nSPS) is 21.8. The molecular formula is C8H17N3O2. The van der Waals surface area contributed by atoms with Crippen LogP contribution in [0, 0.1) is 0 Å². The number of rotatable bonds is 5. The Kier molecular flexibility index (Phi) is 4.74. The van der Waals surface area contributed by atoms with Crippen LogP contribution in [-0.2, 0) is 9.53 Å². The Morgan fingerprint density at radius 1 is 1.62 bits per heavy atom. The molecule has 76 valence electrons. The number of nitrogens with one attached hydrogen (secondary N) is 2. The van der Waals surface area contributed by atoms with E-state index in [1.807, 2.05) is 0 Å². The van der Waals surface area contributed by atoms with Crippen molar-refractivity contribution < 1.29 is 9.53 Å². The molecule has 1 atom stereocenters. The first-order valence-electron chi connectivity index (χ1n) is 4.64. The first-order chi connectivity index (χ1) is 6.33. The number of amides is 1. The number of carbonyl (C=O) groups is 1. The first kappa shape index (κ1) is 10.4. The van der Waals surface area contributed by atoms with Gasteiger partial charge in [0.25, 0.3) is 0 Å². The van der Waals surface area contributed by atoms with Crippen LogP contribution in [0.4, 0.5) is 0 Å². The summed E-state index contributed by atoms with van der Waals surface area (Å²) in [7, 11) is 0. The summed E-state index contributed by atoms with van der Waals surface area (Å²) in [5.41, 5.74) is 2.08. The van der Waals surface area contributed by atoms with Crippen LogP contribution in [0.2, 0.25) is 0 Å². The molecule has 0 saturated carbocycles. The van der Waals surface area contributed by atoms with Crippen molar-refractivity contribution in [3.05, 3.63) is 0 Å². The molecule has 5 heteroatoms. The molecule has 1 amide bonds. The molecule has 0 aromatic heterocycles. The fourth-order valence-electron chi connectivity index (χ4n) is 1.34. The number of hydrogen-bond acceptors (Lipinski definition) is 4. The lowest BCUT2D eigenvalue weighted by atomic mass is 10.2. The Morgan fingerprint density at radius 3 is 3.08 bits per heavy atom. The van der Waals surface area contributed by atoms with Crippen LogP contribution in [0.1, 0.15) is 19.3 Å². The number of nitrogens with two attached hydrogens (primary N) is 1. The van der Waals surface area contributed by atoms with Crippen LogP contribution in [0.15, 0.2) is 0 Å². The van der Waals surface area contributed by atoms with Crippen molar-refractivity contribution in [2.24, 2.45) is 5.84 Å². The number of carbonyl (C=O) groups excluding carboxylic acids is 1. The highest BCUT2D eigenvalue weighted by molar-refractivity contribution is 5.75. The molecule has 4 N–H and O–H groups in total. The van der Waals surface area contributed by atoms with E-state index in [0.717, 1.165) is 26.0 Å². The SMILES string of the molecule is NNC(=O)CCNC[C@H]1CCCO1. The maximum atomic E-state index is 10.7. The van der Waals surface area contributed by atoms with Crippen molar-refractivity contribution in [1.82, 2.24) is 10.7 Å². The second-order valence-corrected chi connectivity index (χ2v) is 3.16. The third-order valence-electron chi connectivity index (χ3n) is 2.09. The standard InChI is InChI=1S/C8H17N3O2/c9-11-8(12)3-4-10-6-7-2-1-5-13-7/h7,10H,1-6,9H2,(H,11,12)/t7-/m1/s1. The lowest BCUT2D eigenvalue weighted by Crippen LogP contribution is -2.34. The Hall–Kier alpha value is -0.650. The van der Waals surface area contributed by atoms with Gasteiger partial charge in [-0.1, -0.05) is 0 Å². The van der Waals surface area contributed by atoms with Crippen LogP contribution in [0.3, 0.4) is 0 Å². The summed E-state index contributed by atoms with van der Waals surface area (Å²) < 4.78 is 5.40. The molecule has 1 heterocycles. The third kappa shape index (κ3) is 4.21.